The van der Waals surface area contributed by atoms with Crippen LogP contribution in [0.3, 0.4) is 0 Å². The van der Waals surface area contributed by atoms with Crippen molar-refractivity contribution in [2.75, 3.05) is 45.1 Å². The maximum absolute atomic E-state index is 12.9. The lowest BCUT2D eigenvalue weighted by atomic mass is 9.65. The third kappa shape index (κ3) is 3.50. The van der Waals surface area contributed by atoms with Gasteiger partial charge in [-0.3, -0.25) is 4.79 Å². The van der Waals surface area contributed by atoms with E-state index in [1.807, 2.05) is 17.0 Å². The predicted molar refractivity (Wildman–Crippen MR) is 115 cm³/mol. The molecule has 29 heavy (non-hydrogen) atoms. The Morgan fingerprint density at radius 1 is 1.21 bits per heavy atom. The van der Waals surface area contributed by atoms with Crippen molar-refractivity contribution in [2.24, 2.45) is 16.7 Å². The van der Waals surface area contributed by atoms with Gasteiger partial charge >= 0.3 is 6.03 Å². The van der Waals surface area contributed by atoms with Crippen molar-refractivity contribution in [2.45, 2.75) is 32.6 Å². The highest BCUT2D eigenvalue weighted by Gasteiger charge is 2.63. The number of piperidine rings is 1. The lowest BCUT2D eigenvalue weighted by Gasteiger charge is -2.44. The number of anilines is 1. The molecule has 0 aromatic heterocycles. The average molecular weight is 419 g/mol. The number of likely N-dealkylation sites (tertiary alicyclic amines) is 2. The standard InChI is InChI=1S/C22H31ClN4O2/c1-3-26-14-18-21(7-8-22(18,15-26)19(28)24-2)9-11-27(12-10-21)20(29)25-17-6-4-5-16(23)13-17/h4-6,13,18H,3,7-12,14-15H2,1-2H3,(H,24,28)(H,25,29)/t18-,22+/m1/s1. The van der Waals surface area contributed by atoms with Gasteiger partial charge in [-0.25, -0.2) is 4.79 Å². The van der Waals surface area contributed by atoms with Gasteiger partial charge < -0.3 is 20.4 Å². The number of hydrogen-bond donors (Lipinski definition) is 2. The molecule has 2 aliphatic heterocycles. The molecule has 1 aromatic carbocycles. The van der Waals surface area contributed by atoms with Gasteiger partial charge in [0.2, 0.25) is 5.91 Å². The number of carbonyl (C=O) groups is 2. The Hall–Kier alpha value is -1.79. The molecule has 3 fully saturated rings. The van der Waals surface area contributed by atoms with Gasteiger partial charge in [-0.05, 0) is 61.8 Å². The number of amides is 3. The summed E-state index contributed by atoms with van der Waals surface area (Å²) in [5.41, 5.74) is 0.635. The zero-order chi connectivity index (χ0) is 20.6. The predicted octanol–water partition coefficient (Wildman–Crippen LogP) is 3.43. The summed E-state index contributed by atoms with van der Waals surface area (Å²) in [7, 11) is 1.76. The molecule has 158 valence electrons. The SMILES string of the molecule is CCN1C[C@@H]2C3(CCN(C(=O)Nc4cccc(Cl)c4)CC3)CC[C@]2(C(=O)NC)C1. The fourth-order valence-corrected chi connectivity index (χ4v) is 6.23. The second kappa shape index (κ2) is 7.80. The molecule has 6 nitrogen and oxygen atoms in total. The Morgan fingerprint density at radius 3 is 2.62 bits per heavy atom. The Kier molecular flexibility index (Phi) is 5.51. The fraction of sp³-hybridized carbons (Fsp3) is 0.636. The van der Waals surface area contributed by atoms with Crippen molar-refractivity contribution >= 4 is 29.2 Å². The molecule has 0 unspecified atom stereocenters. The van der Waals surface area contributed by atoms with Gasteiger partial charge in [0.05, 0.1) is 5.41 Å². The number of nitrogens with zero attached hydrogens (tertiary/aromatic N) is 2. The van der Waals surface area contributed by atoms with Gasteiger partial charge in [0, 0.05) is 43.9 Å². The van der Waals surface area contributed by atoms with E-state index in [2.05, 4.69) is 22.5 Å². The average Bonchev–Trinajstić information content (AvgIpc) is 3.25. The zero-order valence-electron chi connectivity index (χ0n) is 17.3. The van der Waals surface area contributed by atoms with E-state index in [1.54, 1.807) is 19.2 Å². The number of carbonyl (C=O) groups excluding carboxylic acids is 2. The number of fused-ring (bicyclic) bond motifs is 2. The van der Waals surface area contributed by atoms with Gasteiger partial charge in [0.15, 0.2) is 0 Å². The van der Waals surface area contributed by atoms with Gasteiger partial charge in [-0.2, -0.15) is 0 Å². The van der Waals surface area contributed by atoms with Crippen LogP contribution in [0.2, 0.25) is 5.02 Å². The molecule has 2 heterocycles. The Bertz CT molecular complexity index is 793. The molecule has 0 radical (unpaired) electrons. The second-order valence-electron chi connectivity index (χ2n) is 8.91. The molecule has 2 saturated heterocycles. The molecule has 7 heteroatoms. The van der Waals surface area contributed by atoms with E-state index < -0.39 is 0 Å². The largest absolute Gasteiger partial charge is 0.359 e. The van der Waals surface area contributed by atoms with E-state index in [0.717, 1.165) is 64.1 Å². The van der Waals surface area contributed by atoms with Crippen LogP contribution in [0.1, 0.15) is 32.6 Å². The number of nitrogens with one attached hydrogen (secondary N) is 2. The van der Waals surface area contributed by atoms with Crippen LogP contribution in [0.5, 0.6) is 0 Å². The molecule has 3 amide bonds. The van der Waals surface area contributed by atoms with Gasteiger partial charge in [-0.15, -0.1) is 0 Å². The molecule has 4 rings (SSSR count). The minimum atomic E-state index is -0.254. The van der Waals surface area contributed by atoms with Crippen molar-refractivity contribution in [1.82, 2.24) is 15.1 Å². The highest BCUT2D eigenvalue weighted by Crippen LogP contribution is 2.62. The summed E-state index contributed by atoms with van der Waals surface area (Å²) in [6, 6.07) is 7.17. The first-order valence-corrected chi connectivity index (χ1v) is 11.1. The van der Waals surface area contributed by atoms with Crippen LogP contribution >= 0.6 is 11.6 Å². The maximum atomic E-state index is 12.9. The third-order valence-electron chi connectivity index (χ3n) is 7.67. The first-order chi connectivity index (χ1) is 13.9. The molecule has 1 saturated carbocycles. The summed E-state index contributed by atoms with van der Waals surface area (Å²) >= 11 is 6.02. The highest BCUT2D eigenvalue weighted by molar-refractivity contribution is 6.30. The minimum absolute atomic E-state index is 0.0701. The summed E-state index contributed by atoms with van der Waals surface area (Å²) < 4.78 is 0. The number of benzene rings is 1. The summed E-state index contributed by atoms with van der Waals surface area (Å²) in [6.45, 7) is 6.50. The van der Waals surface area contributed by atoms with Crippen LogP contribution in [0.4, 0.5) is 10.5 Å². The number of rotatable bonds is 3. The normalized spacial score (nSPS) is 28.4. The van der Waals surface area contributed by atoms with Crippen LogP contribution in [0.15, 0.2) is 24.3 Å². The summed E-state index contributed by atoms with van der Waals surface area (Å²) in [5, 5.41) is 6.51. The van der Waals surface area contributed by atoms with E-state index in [-0.39, 0.29) is 22.8 Å². The Balaban J connectivity index is 1.44. The summed E-state index contributed by atoms with van der Waals surface area (Å²) in [5.74, 6) is 0.587. The van der Waals surface area contributed by atoms with E-state index in [9.17, 15) is 9.59 Å². The molecule has 1 spiro atoms. The molecule has 2 atom stereocenters. The molecule has 2 N–H and O–H groups in total. The second-order valence-corrected chi connectivity index (χ2v) is 9.34. The molecule has 1 aliphatic carbocycles. The summed E-state index contributed by atoms with van der Waals surface area (Å²) in [4.78, 5) is 29.9. The monoisotopic (exact) mass is 418 g/mol. The Morgan fingerprint density at radius 2 is 1.97 bits per heavy atom. The first-order valence-electron chi connectivity index (χ1n) is 10.7. The number of urea groups is 1. The van der Waals surface area contributed by atoms with Gasteiger partial charge in [0.25, 0.3) is 0 Å². The van der Waals surface area contributed by atoms with E-state index in [0.29, 0.717) is 10.9 Å². The number of halogens is 1. The Labute approximate surface area is 177 Å². The maximum Gasteiger partial charge on any atom is 0.321 e. The molecular formula is C22H31ClN4O2. The lowest BCUT2D eigenvalue weighted by molar-refractivity contribution is -0.132. The van der Waals surface area contributed by atoms with Crippen LogP contribution in [0, 0.1) is 16.7 Å². The number of hydrogen-bond acceptors (Lipinski definition) is 3. The smallest absolute Gasteiger partial charge is 0.321 e. The summed E-state index contributed by atoms with van der Waals surface area (Å²) in [6.07, 6.45) is 3.99. The van der Waals surface area contributed by atoms with Gasteiger partial charge in [-0.1, -0.05) is 24.6 Å². The quantitative estimate of drug-likeness (QED) is 0.790. The van der Waals surface area contributed by atoms with E-state index in [1.165, 1.54) is 0 Å². The van der Waals surface area contributed by atoms with Crippen molar-refractivity contribution < 1.29 is 9.59 Å². The van der Waals surface area contributed by atoms with Crippen molar-refractivity contribution in [3.63, 3.8) is 0 Å². The molecule has 1 aromatic rings. The van der Waals surface area contributed by atoms with Crippen molar-refractivity contribution in [1.29, 1.82) is 0 Å². The molecule has 0 bridgehead atoms. The van der Waals surface area contributed by atoms with Crippen LogP contribution in [-0.2, 0) is 4.79 Å². The molecule has 3 aliphatic rings. The van der Waals surface area contributed by atoms with Crippen LogP contribution in [-0.4, -0.2) is 61.5 Å². The minimum Gasteiger partial charge on any atom is -0.359 e. The topological polar surface area (TPSA) is 64.7 Å². The van der Waals surface area contributed by atoms with Crippen LogP contribution in [0.25, 0.3) is 0 Å². The highest BCUT2D eigenvalue weighted by atomic mass is 35.5. The van der Waals surface area contributed by atoms with Crippen molar-refractivity contribution in [3.05, 3.63) is 29.3 Å². The van der Waals surface area contributed by atoms with Gasteiger partial charge in [0.1, 0.15) is 0 Å². The fourth-order valence-electron chi connectivity index (χ4n) is 6.04. The zero-order valence-corrected chi connectivity index (χ0v) is 18.1. The third-order valence-corrected chi connectivity index (χ3v) is 7.91. The van der Waals surface area contributed by atoms with Crippen molar-refractivity contribution in [3.8, 4) is 0 Å². The molecular weight excluding hydrogens is 388 g/mol. The van der Waals surface area contributed by atoms with E-state index >= 15 is 0 Å². The van der Waals surface area contributed by atoms with E-state index in [4.69, 9.17) is 11.6 Å². The lowest BCUT2D eigenvalue weighted by Crippen LogP contribution is -2.50. The van der Waals surface area contributed by atoms with Crippen LogP contribution < -0.4 is 10.6 Å². The first kappa shape index (κ1) is 20.5.